The molecule has 0 aromatic heterocycles. The zero-order valence-corrected chi connectivity index (χ0v) is 11.5. The molecule has 1 aliphatic rings. The highest BCUT2D eigenvalue weighted by molar-refractivity contribution is 5.20. The van der Waals surface area contributed by atoms with Gasteiger partial charge in [0.25, 0.3) is 0 Å². The highest BCUT2D eigenvalue weighted by atomic mass is 16.3. The molecular weight excluding hydrogens is 222 g/mol. The maximum Gasteiger partial charge on any atom is 0.0483 e. The van der Waals surface area contributed by atoms with E-state index in [1.165, 1.54) is 12.0 Å². The number of aliphatic hydroxyl groups excluding tert-OH is 1. The maximum atomic E-state index is 9.08. The number of hydrogen-bond donors (Lipinski definition) is 1. The van der Waals surface area contributed by atoms with E-state index in [9.17, 15) is 0 Å². The van der Waals surface area contributed by atoms with Crippen LogP contribution in [0.1, 0.15) is 31.7 Å². The Morgan fingerprint density at radius 2 is 1.94 bits per heavy atom. The number of benzene rings is 1. The first-order chi connectivity index (χ1) is 8.74. The van der Waals surface area contributed by atoms with Crippen molar-refractivity contribution in [1.82, 2.24) is 4.90 Å². The number of aliphatic hydroxyl groups is 1. The van der Waals surface area contributed by atoms with Crippen LogP contribution >= 0.6 is 0 Å². The third kappa shape index (κ3) is 3.12. The quantitative estimate of drug-likeness (QED) is 0.835. The summed E-state index contributed by atoms with van der Waals surface area (Å²) in [6.45, 7) is 8.23. The molecule has 2 rings (SSSR count). The van der Waals surface area contributed by atoms with E-state index in [0.717, 1.165) is 19.6 Å². The molecule has 0 amide bonds. The average molecular weight is 247 g/mol. The molecule has 1 saturated heterocycles. The minimum Gasteiger partial charge on any atom is -0.396 e. The molecular formula is C16H25NO. The summed E-state index contributed by atoms with van der Waals surface area (Å²) in [5.74, 6) is 1.84. The normalized spacial score (nSPS) is 20.4. The van der Waals surface area contributed by atoms with E-state index < -0.39 is 0 Å². The molecule has 100 valence electrons. The monoisotopic (exact) mass is 247 g/mol. The summed E-state index contributed by atoms with van der Waals surface area (Å²) in [5, 5.41) is 9.08. The van der Waals surface area contributed by atoms with Crippen LogP contribution in [0.2, 0.25) is 0 Å². The molecule has 1 heterocycles. The molecule has 2 heteroatoms. The smallest absolute Gasteiger partial charge is 0.0483 e. The van der Waals surface area contributed by atoms with Crippen molar-refractivity contribution in [2.45, 2.75) is 26.2 Å². The standard InChI is InChI=1S/C16H25NO/c1-3-13(2)16(15-7-5-4-6-8-15)11-17-9-14(10-17)12-18/h4-8,13-14,16,18H,3,9-12H2,1-2H3. The average Bonchev–Trinajstić information content (AvgIpc) is 2.38. The van der Waals surface area contributed by atoms with Gasteiger partial charge in [-0.15, -0.1) is 0 Å². The minimum absolute atomic E-state index is 0.343. The molecule has 2 unspecified atom stereocenters. The minimum atomic E-state index is 0.343. The van der Waals surface area contributed by atoms with E-state index in [1.807, 2.05) is 0 Å². The summed E-state index contributed by atoms with van der Waals surface area (Å²) in [4.78, 5) is 2.48. The fourth-order valence-corrected chi connectivity index (χ4v) is 2.82. The predicted octanol–water partition coefficient (Wildman–Crippen LogP) is 2.74. The second-order valence-electron chi connectivity index (χ2n) is 5.67. The van der Waals surface area contributed by atoms with Crippen LogP contribution in [-0.2, 0) is 0 Å². The topological polar surface area (TPSA) is 23.5 Å². The van der Waals surface area contributed by atoms with E-state index in [-0.39, 0.29) is 0 Å². The van der Waals surface area contributed by atoms with Gasteiger partial charge >= 0.3 is 0 Å². The van der Waals surface area contributed by atoms with Gasteiger partial charge in [-0.25, -0.2) is 0 Å². The van der Waals surface area contributed by atoms with Crippen molar-refractivity contribution in [3.8, 4) is 0 Å². The van der Waals surface area contributed by atoms with Gasteiger partial charge in [-0.2, -0.15) is 0 Å². The largest absolute Gasteiger partial charge is 0.396 e. The number of nitrogens with zero attached hydrogens (tertiary/aromatic N) is 1. The first-order valence-electron chi connectivity index (χ1n) is 7.12. The second-order valence-corrected chi connectivity index (χ2v) is 5.67. The third-order valence-corrected chi connectivity index (χ3v) is 4.30. The van der Waals surface area contributed by atoms with Crippen molar-refractivity contribution in [3.63, 3.8) is 0 Å². The van der Waals surface area contributed by atoms with Gasteiger partial charge in [0.2, 0.25) is 0 Å². The van der Waals surface area contributed by atoms with Crippen LogP contribution in [0.15, 0.2) is 30.3 Å². The Morgan fingerprint density at radius 1 is 1.28 bits per heavy atom. The van der Waals surface area contributed by atoms with Gasteiger partial charge < -0.3 is 10.0 Å². The molecule has 0 aliphatic carbocycles. The Kier molecular flexibility index (Phi) is 4.79. The van der Waals surface area contributed by atoms with Crippen LogP contribution in [-0.4, -0.2) is 36.2 Å². The lowest BCUT2D eigenvalue weighted by molar-refractivity contribution is 0.0444. The lowest BCUT2D eigenvalue weighted by Gasteiger charge is -2.41. The molecule has 1 N–H and O–H groups in total. The molecule has 1 fully saturated rings. The Labute approximate surface area is 111 Å². The van der Waals surface area contributed by atoms with Crippen LogP contribution in [0.5, 0.6) is 0 Å². The van der Waals surface area contributed by atoms with Crippen molar-refractivity contribution >= 4 is 0 Å². The maximum absolute atomic E-state index is 9.08. The number of likely N-dealkylation sites (tertiary alicyclic amines) is 1. The van der Waals surface area contributed by atoms with Crippen molar-refractivity contribution in [2.75, 3.05) is 26.2 Å². The van der Waals surface area contributed by atoms with E-state index >= 15 is 0 Å². The summed E-state index contributed by atoms with van der Waals surface area (Å²) in [6, 6.07) is 10.9. The van der Waals surface area contributed by atoms with E-state index in [1.54, 1.807) is 0 Å². The van der Waals surface area contributed by atoms with Crippen LogP contribution in [0.3, 0.4) is 0 Å². The molecule has 0 spiro atoms. The molecule has 2 nitrogen and oxygen atoms in total. The molecule has 0 radical (unpaired) electrons. The van der Waals surface area contributed by atoms with E-state index in [0.29, 0.717) is 24.4 Å². The fraction of sp³-hybridized carbons (Fsp3) is 0.625. The van der Waals surface area contributed by atoms with Gasteiger partial charge in [0.15, 0.2) is 0 Å². The van der Waals surface area contributed by atoms with Crippen LogP contribution < -0.4 is 0 Å². The van der Waals surface area contributed by atoms with Crippen LogP contribution in [0, 0.1) is 11.8 Å². The van der Waals surface area contributed by atoms with E-state index in [2.05, 4.69) is 49.1 Å². The third-order valence-electron chi connectivity index (χ3n) is 4.30. The van der Waals surface area contributed by atoms with Gasteiger partial charge in [-0.05, 0) is 17.4 Å². The Hall–Kier alpha value is -0.860. The van der Waals surface area contributed by atoms with Gasteiger partial charge in [0.1, 0.15) is 0 Å². The lowest BCUT2D eigenvalue weighted by Crippen LogP contribution is -2.50. The first-order valence-corrected chi connectivity index (χ1v) is 7.12. The number of hydrogen-bond acceptors (Lipinski definition) is 2. The second kappa shape index (κ2) is 6.35. The van der Waals surface area contributed by atoms with Crippen molar-refractivity contribution < 1.29 is 5.11 Å². The first kappa shape index (κ1) is 13.6. The fourth-order valence-electron chi connectivity index (χ4n) is 2.82. The molecule has 2 atom stereocenters. The molecule has 1 aromatic carbocycles. The van der Waals surface area contributed by atoms with Crippen molar-refractivity contribution in [1.29, 1.82) is 0 Å². The van der Waals surface area contributed by atoms with Crippen LogP contribution in [0.4, 0.5) is 0 Å². The summed E-state index contributed by atoms with van der Waals surface area (Å²) in [7, 11) is 0. The van der Waals surface area contributed by atoms with Crippen molar-refractivity contribution in [2.24, 2.45) is 11.8 Å². The molecule has 0 bridgehead atoms. The highest BCUT2D eigenvalue weighted by Gasteiger charge is 2.29. The molecule has 1 aromatic rings. The molecule has 1 aliphatic heterocycles. The van der Waals surface area contributed by atoms with Crippen molar-refractivity contribution in [3.05, 3.63) is 35.9 Å². The SMILES string of the molecule is CCC(C)C(CN1CC(CO)C1)c1ccccc1. The van der Waals surface area contributed by atoms with Gasteiger partial charge in [-0.1, -0.05) is 50.6 Å². The summed E-state index contributed by atoms with van der Waals surface area (Å²) < 4.78 is 0. The molecule has 18 heavy (non-hydrogen) atoms. The van der Waals surface area contributed by atoms with Gasteiger partial charge in [-0.3, -0.25) is 0 Å². The van der Waals surface area contributed by atoms with Gasteiger partial charge in [0.05, 0.1) is 0 Å². The zero-order valence-electron chi connectivity index (χ0n) is 11.5. The highest BCUT2D eigenvalue weighted by Crippen LogP contribution is 2.30. The summed E-state index contributed by atoms with van der Waals surface area (Å²) in [6.07, 6.45) is 1.22. The van der Waals surface area contributed by atoms with Crippen LogP contribution in [0.25, 0.3) is 0 Å². The molecule has 0 saturated carbocycles. The predicted molar refractivity (Wildman–Crippen MR) is 75.7 cm³/mol. The summed E-state index contributed by atoms with van der Waals surface area (Å²) >= 11 is 0. The van der Waals surface area contributed by atoms with E-state index in [4.69, 9.17) is 5.11 Å². The Balaban J connectivity index is 1.98. The zero-order chi connectivity index (χ0) is 13.0. The lowest BCUT2D eigenvalue weighted by atomic mass is 9.84. The summed E-state index contributed by atoms with van der Waals surface area (Å²) in [5.41, 5.74) is 1.46. The van der Waals surface area contributed by atoms with Gasteiger partial charge in [0, 0.05) is 32.2 Å². The Bertz CT molecular complexity index is 345. The Morgan fingerprint density at radius 3 is 2.50 bits per heavy atom. The number of rotatable bonds is 6.